The Kier molecular flexibility index (Phi) is 17.3. The number of hydrogen-bond donors (Lipinski definition) is 1. The molecule has 1 amide bonds. The molecule has 0 spiro atoms. The second-order valence-electron chi connectivity index (χ2n) is 10.6. The number of rotatable bonds is 18. The molecule has 0 atom stereocenters. The van der Waals surface area contributed by atoms with Gasteiger partial charge in [-0.25, -0.2) is 0 Å². The van der Waals surface area contributed by atoms with Crippen molar-refractivity contribution >= 4 is 5.91 Å². The third-order valence-corrected chi connectivity index (χ3v) is 6.92. The van der Waals surface area contributed by atoms with E-state index in [4.69, 9.17) is 0 Å². The molecule has 0 radical (unpaired) electrons. The third kappa shape index (κ3) is 15.1. The molecule has 0 aliphatic heterocycles. The minimum absolute atomic E-state index is 0.171. The number of hydrogen-bond acceptors (Lipinski definition) is 1. The van der Waals surface area contributed by atoms with Crippen LogP contribution >= 0.6 is 0 Å². The normalized spacial score (nSPS) is 16.6. The quantitative estimate of drug-likeness (QED) is 0.158. The summed E-state index contributed by atoms with van der Waals surface area (Å²) < 4.78 is 0. The molecule has 0 bridgehead atoms. The van der Waals surface area contributed by atoms with Crippen LogP contribution in [0.5, 0.6) is 0 Å². The van der Waals surface area contributed by atoms with E-state index in [9.17, 15) is 4.79 Å². The van der Waals surface area contributed by atoms with Gasteiger partial charge in [0, 0.05) is 13.0 Å². The van der Waals surface area contributed by atoms with Crippen molar-refractivity contribution in [3.8, 4) is 0 Å². The van der Waals surface area contributed by atoms with Crippen LogP contribution in [0.15, 0.2) is 59.8 Å². The molecule has 0 aromatic heterocycles. The zero-order valence-electron chi connectivity index (χ0n) is 22.8. The maximum absolute atomic E-state index is 11.9. The fourth-order valence-electron chi connectivity index (χ4n) is 4.78. The third-order valence-electron chi connectivity index (χ3n) is 6.92. The summed E-state index contributed by atoms with van der Waals surface area (Å²) in [7, 11) is 0. The first-order valence-electron chi connectivity index (χ1n) is 14.1. The number of allylic oxidation sites excluding steroid dienone is 9. The molecule has 0 unspecified atom stereocenters. The Morgan fingerprint density at radius 3 is 2.00 bits per heavy atom. The molecular weight excluding hydrogens is 414 g/mol. The van der Waals surface area contributed by atoms with Gasteiger partial charge in [0.25, 0.3) is 0 Å². The second kappa shape index (κ2) is 19.5. The smallest absolute Gasteiger partial charge is 0.220 e. The van der Waals surface area contributed by atoms with E-state index >= 15 is 0 Å². The first-order chi connectivity index (χ1) is 16.5. The van der Waals surface area contributed by atoms with Gasteiger partial charge in [-0.3, -0.25) is 4.79 Å². The fourth-order valence-corrected chi connectivity index (χ4v) is 4.78. The predicted molar refractivity (Wildman–Crippen MR) is 151 cm³/mol. The Balaban J connectivity index is 2.03. The molecule has 1 rings (SSSR count). The molecule has 0 aromatic carbocycles. The summed E-state index contributed by atoms with van der Waals surface area (Å²) in [6.45, 7) is 9.84. The number of carbonyl (C=O) groups is 1. The number of unbranched alkanes of at least 4 members (excludes halogenated alkanes) is 10. The highest BCUT2D eigenvalue weighted by atomic mass is 16.1. The van der Waals surface area contributed by atoms with Gasteiger partial charge in [-0.15, -0.1) is 0 Å². The van der Waals surface area contributed by atoms with Gasteiger partial charge < -0.3 is 5.32 Å². The average molecular weight is 468 g/mol. The molecule has 192 valence electrons. The van der Waals surface area contributed by atoms with E-state index in [1.807, 2.05) is 24.3 Å². The molecule has 0 heterocycles. The van der Waals surface area contributed by atoms with Crippen LogP contribution in [0.4, 0.5) is 0 Å². The maximum atomic E-state index is 11.9. The van der Waals surface area contributed by atoms with E-state index < -0.39 is 0 Å². The molecule has 1 aliphatic rings. The van der Waals surface area contributed by atoms with Crippen LogP contribution in [0.3, 0.4) is 0 Å². The van der Waals surface area contributed by atoms with Crippen molar-refractivity contribution in [3.63, 3.8) is 0 Å². The van der Waals surface area contributed by atoms with Gasteiger partial charge in [0.2, 0.25) is 5.91 Å². The molecule has 1 aliphatic carbocycles. The summed E-state index contributed by atoms with van der Waals surface area (Å²) in [6, 6.07) is 0. The minimum atomic E-state index is 0.171. The highest BCUT2D eigenvalue weighted by molar-refractivity contribution is 5.75. The van der Waals surface area contributed by atoms with E-state index in [-0.39, 0.29) is 5.91 Å². The summed E-state index contributed by atoms with van der Waals surface area (Å²) in [5.41, 5.74) is 3.32. The van der Waals surface area contributed by atoms with Gasteiger partial charge in [0.15, 0.2) is 0 Å². The first kappa shape index (κ1) is 30.2. The second-order valence-corrected chi connectivity index (χ2v) is 10.6. The Morgan fingerprint density at radius 1 is 0.824 bits per heavy atom. The Labute approximate surface area is 211 Å². The van der Waals surface area contributed by atoms with Crippen molar-refractivity contribution in [1.82, 2.24) is 5.32 Å². The Morgan fingerprint density at radius 2 is 1.38 bits per heavy atom. The van der Waals surface area contributed by atoms with Crippen molar-refractivity contribution in [2.45, 2.75) is 124 Å². The van der Waals surface area contributed by atoms with Crippen LogP contribution in [0, 0.1) is 5.41 Å². The van der Waals surface area contributed by atoms with Gasteiger partial charge in [-0.1, -0.05) is 139 Å². The highest BCUT2D eigenvalue weighted by Gasteiger charge is 2.26. The number of amides is 1. The average Bonchev–Trinajstić information content (AvgIpc) is 2.80. The SMILES string of the molecule is CCCCCCCCCCCCCC(=O)NC/C=C/C=C/C=C/C=C/C1=C(C)CCCC1(C)C. The summed E-state index contributed by atoms with van der Waals surface area (Å²) in [5, 5.41) is 2.98. The molecule has 2 nitrogen and oxygen atoms in total. The molecule has 2 heteroatoms. The minimum Gasteiger partial charge on any atom is -0.353 e. The lowest BCUT2D eigenvalue weighted by Crippen LogP contribution is -2.22. The van der Waals surface area contributed by atoms with Crippen LogP contribution in [-0.4, -0.2) is 12.5 Å². The standard InChI is InChI=1S/C32H53NO/c1-5-6-7-8-9-10-11-12-15-18-21-26-31(34)33-28-22-19-16-13-14-17-20-25-30-29(2)24-23-27-32(30,3)4/h13-14,16-17,19-20,22,25H,5-12,15,18,21,23-24,26-28H2,1-4H3,(H,33,34)/b16-13+,17-14+,22-19+,25-20+. The molecule has 0 fully saturated rings. The van der Waals surface area contributed by atoms with Crippen LogP contribution in [-0.2, 0) is 4.79 Å². The largest absolute Gasteiger partial charge is 0.353 e. The zero-order chi connectivity index (χ0) is 24.9. The van der Waals surface area contributed by atoms with Gasteiger partial charge in [0.1, 0.15) is 0 Å². The van der Waals surface area contributed by atoms with Crippen LogP contribution in [0.1, 0.15) is 124 Å². The van der Waals surface area contributed by atoms with E-state index in [0.29, 0.717) is 18.4 Å². The van der Waals surface area contributed by atoms with Gasteiger partial charge in [-0.05, 0) is 43.6 Å². The van der Waals surface area contributed by atoms with Gasteiger partial charge in [0.05, 0.1) is 0 Å². The lowest BCUT2D eigenvalue weighted by atomic mass is 9.73. The maximum Gasteiger partial charge on any atom is 0.220 e. The Bertz CT molecular complexity index is 690. The molecular formula is C32H53NO. The predicted octanol–water partition coefficient (Wildman–Crippen LogP) is 9.56. The Hall–Kier alpha value is -1.83. The van der Waals surface area contributed by atoms with Gasteiger partial charge in [-0.2, -0.15) is 0 Å². The highest BCUT2D eigenvalue weighted by Crippen LogP contribution is 2.40. The summed E-state index contributed by atoms with van der Waals surface area (Å²) in [4.78, 5) is 11.9. The summed E-state index contributed by atoms with van der Waals surface area (Å²) in [5.74, 6) is 0.171. The lowest BCUT2D eigenvalue weighted by Gasteiger charge is -2.32. The number of carbonyl (C=O) groups excluding carboxylic acids is 1. The van der Waals surface area contributed by atoms with E-state index in [2.05, 4.69) is 57.3 Å². The summed E-state index contributed by atoms with van der Waals surface area (Å²) in [6.07, 6.45) is 35.5. The molecule has 0 aromatic rings. The van der Waals surface area contributed by atoms with Crippen molar-refractivity contribution in [1.29, 1.82) is 0 Å². The fraction of sp³-hybridized carbons (Fsp3) is 0.656. The molecule has 34 heavy (non-hydrogen) atoms. The van der Waals surface area contributed by atoms with Gasteiger partial charge >= 0.3 is 0 Å². The summed E-state index contributed by atoms with van der Waals surface area (Å²) >= 11 is 0. The van der Waals surface area contributed by atoms with Crippen molar-refractivity contribution in [3.05, 3.63) is 59.8 Å². The topological polar surface area (TPSA) is 29.1 Å². The molecule has 0 saturated heterocycles. The van der Waals surface area contributed by atoms with Crippen molar-refractivity contribution < 1.29 is 4.79 Å². The van der Waals surface area contributed by atoms with Crippen molar-refractivity contribution in [2.24, 2.45) is 5.41 Å². The van der Waals surface area contributed by atoms with Crippen molar-refractivity contribution in [2.75, 3.05) is 6.54 Å². The monoisotopic (exact) mass is 467 g/mol. The molecule has 0 saturated carbocycles. The van der Waals surface area contributed by atoms with Crippen LogP contribution < -0.4 is 5.32 Å². The van der Waals surface area contributed by atoms with E-state index in [1.54, 1.807) is 0 Å². The van der Waals surface area contributed by atoms with E-state index in [0.717, 1.165) is 6.42 Å². The zero-order valence-corrected chi connectivity index (χ0v) is 22.8. The lowest BCUT2D eigenvalue weighted by molar-refractivity contribution is -0.121. The van der Waals surface area contributed by atoms with Crippen LogP contribution in [0.2, 0.25) is 0 Å². The molecule has 1 N–H and O–H groups in total. The number of nitrogens with one attached hydrogen (secondary N) is 1. The first-order valence-corrected chi connectivity index (χ1v) is 14.1. The van der Waals surface area contributed by atoms with E-state index in [1.165, 1.54) is 94.6 Å². The van der Waals surface area contributed by atoms with Crippen LogP contribution in [0.25, 0.3) is 0 Å².